The van der Waals surface area contributed by atoms with Gasteiger partial charge in [0.2, 0.25) is 5.95 Å². The van der Waals surface area contributed by atoms with Crippen LogP contribution in [0.3, 0.4) is 0 Å². The van der Waals surface area contributed by atoms with E-state index in [0.717, 1.165) is 6.07 Å². The summed E-state index contributed by atoms with van der Waals surface area (Å²) in [6.45, 7) is 1.64. The van der Waals surface area contributed by atoms with Crippen LogP contribution in [-0.2, 0) is 0 Å². The number of nitrogen functional groups attached to an aromatic ring is 1. The van der Waals surface area contributed by atoms with E-state index in [1.54, 1.807) is 37.4 Å². The number of halogens is 3. The van der Waals surface area contributed by atoms with Gasteiger partial charge < -0.3 is 16.2 Å². The molecule has 0 fully saturated rings. The molecule has 33 heavy (non-hydrogen) atoms. The Morgan fingerprint density at radius 3 is 2.79 bits per heavy atom. The number of hydrogen-bond donors (Lipinski definition) is 3. The Hall–Kier alpha value is -3.56. The summed E-state index contributed by atoms with van der Waals surface area (Å²) < 4.78 is 30.8. The van der Waals surface area contributed by atoms with Gasteiger partial charge in [-0.3, -0.25) is 4.79 Å². The van der Waals surface area contributed by atoms with Crippen LogP contribution >= 0.6 is 11.6 Å². The predicted molar refractivity (Wildman–Crippen MR) is 121 cm³/mol. The van der Waals surface area contributed by atoms with Crippen molar-refractivity contribution in [3.05, 3.63) is 82.0 Å². The molecule has 0 aliphatic rings. The van der Waals surface area contributed by atoms with Crippen molar-refractivity contribution in [1.29, 1.82) is 0 Å². The Morgan fingerprint density at radius 2 is 2.03 bits per heavy atom. The van der Waals surface area contributed by atoms with Gasteiger partial charge in [0.15, 0.2) is 5.65 Å². The molecule has 4 N–H and O–H groups in total. The minimum Gasteiger partial charge on any atom is -0.388 e. The highest BCUT2D eigenvalue weighted by atomic mass is 35.5. The first-order chi connectivity index (χ1) is 15.7. The lowest BCUT2D eigenvalue weighted by Gasteiger charge is -2.15. The predicted octanol–water partition coefficient (Wildman–Crippen LogP) is 4.07. The summed E-state index contributed by atoms with van der Waals surface area (Å²) in [5.74, 6) is -1.86. The Labute approximate surface area is 192 Å². The number of carbonyl (C=O) groups excluding carboxylic acids is 1. The van der Waals surface area contributed by atoms with E-state index in [-0.39, 0.29) is 40.6 Å². The monoisotopic (exact) mass is 471 g/mol. The molecule has 0 spiro atoms. The van der Waals surface area contributed by atoms with E-state index in [2.05, 4.69) is 15.4 Å². The highest BCUT2D eigenvalue weighted by molar-refractivity contribution is 6.30. The molecule has 0 aliphatic carbocycles. The fourth-order valence-corrected chi connectivity index (χ4v) is 3.74. The topological polar surface area (TPSA) is 106 Å². The van der Waals surface area contributed by atoms with E-state index in [1.807, 2.05) is 0 Å². The summed E-state index contributed by atoms with van der Waals surface area (Å²) in [6, 6.07) is 10.5. The number of amides is 1. The molecular weight excluding hydrogens is 452 g/mol. The van der Waals surface area contributed by atoms with E-state index in [4.69, 9.17) is 17.3 Å². The van der Waals surface area contributed by atoms with E-state index in [1.165, 1.54) is 16.6 Å². The van der Waals surface area contributed by atoms with E-state index in [9.17, 15) is 14.3 Å². The molecule has 2 heterocycles. The van der Waals surface area contributed by atoms with Crippen LogP contribution in [0.15, 0.2) is 48.7 Å². The number of hydrogen-bond acceptors (Lipinski definition) is 5. The number of nitrogens with two attached hydrogens (primary N) is 1. The average molecular weight is 472 g/mol. The first kappa shape index (κ1) is 22.6. The second-order valence-electron chi connectivity index (χ2n) is 7.53. The maximum Gasteiger partial charge on any atom is 0.254 e. The summed E-state index contributed by atoms with van der Waals surface area (Å²) in [6.07, 6.45) is 0.488. The van der Waals surface area contributed by atoms with Crippen molar-refractivity contribution in [2.45, 2.75) is 19.4 Å². The molecule has 4 rings (SSSR count). The van der Waals surface area contributed by atoms with Gasteiger partial charge in [-0.1, -0.05) is 29.8 Å². The number of aliphatic hydroxyl groups is 1. The molecule has 2 aromatic heterocycles. The maximum absolute atomic E-state index is 15.4. The van der Waals surface area contributed by atoms with Crippen molar-refractivity contribution in [2.75, 3.05) is 12.3 Å². The quantitative estimate of drug-likeness (QED) is 0.393. The standard InChI is InChI=1S/C23H20ClF2N5O2/c1-12-2-4-15(13-7-9-31-19(10-13)29-23(27)30-31)21(26)20(12)22(33)28-8-6-18(32)16-5-3-14(24)11-17(16)25/h2-5,7,9-11,18,32H,6,8H2,1H3,(H2,27,30)(H,28,33). The number of rotatable bonds is 6. The summed E-state index contributed by atoms with van der Waals surface area (Å²) in [5, 5.41) is 17.0. The smallest absolute Gasteiger partial charge is 0.254 e. The van der Waals surface area contributed by atoms with E-state index in [0.29, 0.717) is 16.8 Å². The number of anilines is 1. The largest absolute Gasteiger partial charge is 0.388 e. The molecule has 1 unspecified atom stereocenters. The summed E-state index contributed by atoms with van der Waals surface area (Å²) in [5.41, 5.74) is 7.18. The van der Waals surface area contributed by atoms with Crippen LogP contribution in [0.2, 0.25) is 5.02 Å². The number of fused-ring (bicyclic) bond motifs is 1. The number of carbonyl (C=O) groups is 1. The lowest BCUT2D eigenvalue weighted by molar-refractivity contribution is 0.0937. The third-order valence-corrected chi connectivity index (χ3v) is 5.50. The van der Waals surface area contributed by atoms with Gasteiger partial charge in [-0.2, -0.15) is 4.98 Å². The highest BCUT2D eigenvalue weighted by Gasteiger charge is 2.20. The fourth-order valence-electron chi connectivity index (χ4n) is 3.58. The highest BCUT2D eigenvalue weighted by Crippen LogP contribution is 2.28. The van der Waals surface area contributed by atoms with Crippen molar-refractivity contribution in [3.8, 4) is 11.1 Å². The van der Waals surface area contributed by atoms with Gasteiger partial charge >= 0.3 is 0 Å². The summed E-state index contributed by atoms with van der Waals surface area (Å²) >= 11 is 5.72. The van der Waals surface area contributed by atoms with Gasteiger partial charge in [0.05, 0.1) is 11.7 Å². The van der Waals surface area contributed by atoms with Crippen LogP contribution in [-0.4, -0.2) is 32.2 Å². The molecule has 2 aromatic carbocycles. The van der Waals surface area contributed by atoms with Crippen LogP contribution in [0, 0.1) is 18.6 Å². The molecule has 0 aliphatic heterocycles. The van der Waals surface area contributed by atoms with Gasteiger partial charge in [0, 0.05) is 28.9 Å². The molecule has 4 aromatic rings. The van der Waals surface area contributed by atoms with Gasteiger partial charge in [0.1, 0.15) is 11.6 Å². The Balaban J connectivity index is 1.51. The van der Waals surface area contributed by atoms with Crippen molar-refractivity contribution in [1.82, 2.24) is 19.9 Å². The van der Waals surface area contributed by atoms with Crippen molar-refractivity contribution >= 4 is 29.1 Å². The van der Waals surface area contributed by atoms with Crippen LogP contribution in [0.1, 0.15) is 34.0 Å². The van der Waals surface area contributed by atoms with Crippen molar-refractivity contribution in [3.63, 3.8) is 0 Å². The number of nitrogens with zero attached hydrogens (tertiary/aromatic N) is 3. The van der Waals surface area contributed by atoms with Crippen LogP contribution in [0.4, 0.5) is 14.7 Å². The molecule has 1 atom stereocenters. The first-order valence-corrected chi connectivity index (χ1v) is 10.4. The van der Waals surface area contributed by atoms with Gasteiger partial charge in [0.25, 0.3) is 5.91 Å². The normalized spacial score (nSPS) is 12.2. The minimum atomic E-state index is -1.15. The second kappa shape index (κ2) is 9.13. The molecule has 10 heteroatoms. The lowest BCUT2D eigenvalue weighted by Crippen LogP contribution is -2.27. The third kappa shape index (κ3) is 4.64. The van der Waals surface area contributed by atoms with E-state index >= 15 is 4.39 Å². The molecular formula is C23H20ClF2N5O2. The molecule has 7 nitrogen and oxygen atoms in total. The van der Waals surface area contributed by atoms with Gasteiger partial charge in [-0.15, -0.1) is 5.10 Å². The zero-order valence-corrected chi connectivity index (χ0v) is 18.3. The van der Waals surface area contributed by atoms with Gasteiger partial charge in [-0.25, -0.2) is 13.3 Å². The average Bonchev–Trinajstić information content (AvgIpc) is 3.13. The number of nitrogens with one attached hydrogen (secondary N) is 1. The number of benzene rings is 2. The first-order valence-electron chi connectivity index (χ1n) is 10.1. The second-order valence-corrected chi connectivity index (χ2v) is 7.97. The van der Waals surface area contributed by atoms with E-state index < -0.39 is 23.6 Å². The molecule has 0 radical (unpaired) electrons. The molecule has 170 valence electrons. The Bertz CT molecular complexity index is 1360. The fraction of sp³-hybridized carbons (Fsp3) is 0.174. The zero-order valence-electron chi connectivity index (χ0n) is 17.5. The molecule has 0 bridgehead atoms. The number of pyridine rings is 1. The molecule has 0 saturated heterocycles. The van der Waals surface area contributed by atoms with Crippen LogP contribution in [0.5, 0.6) is 0 Å². The summed E-state index contributed by atoms with van der Waals surface area (Å²) in [4.78, 5) is 16.8. The number of aryl methyl sites for hydroxylation is 1. The lowest BCUT2D eigenvalue weighted by atomic mass is 9.98. The molecule has 1 amide bonds. The van der Waals surface area contributed by atoms with Crippen molar-refractivity contribution in [2.24, 2.45) is 0 Å². The Kier molecular flexibility index (Phi) is 6.26. The number of aliphatic hydroxyl groups excluding tert-OH is 1. The zero-order chi connectivity index (χ0) is 23.7. The minimum absolute atomic E-state index is 0.0101. The number of aromatic nitrogens is 3. The Morgan fingerprint density at radius 1 is 1.24 bits per heavy atom. The van der Waals surface area contributed by atoms with Gasteiger partial charge in [-0.05, 0) is 48.7 Å². The third-order valence-electron chi connectivity index (χ3n) is 5.27. The molecule has 0 saturated carbocycles. The maximum atomic E-state index is 15.4. The van der Waals surface area contributed by atoms with Crippen molar-refractivity contribution < 1.29 is 18.7 Å². The SMILES string of the molecule is Cc1ccc(-c2ccn3nc(N)nc3c2)c(F)c1C(=O)NCCC(O)c1ccc(Cl)cc1F. The van der Waals surface area contributed by atoms with Crippen LogP contribution < -0.4 is 11.1 Å². The summed E-state index contributed by atoms with van der Waals surface area (Å²) in [7, 11) is 0. The van der Waals surface area contributed by atoms with Crippen LogP contribution in [0.25, 0.3) is 16.8 Å².